The van der Waals surface area contributed by atoms with Crippen LogP contribution in [0.3, 0.4) is 0 Å². The average molecular weight is 490 g/mol. The third kappa shape index (κ3) is 5.18. The predicted octanol–water partition coefficient (Wildman–Crippen LogP) is 3.79. The van der Waals surface area contributed by atoms with E-state index in [2.05, 4.69) is 16.8 Å². The van der Waals surface area contributed by atoms with Crippen LogP contribution in [-0.4, -0.2) is 31.9 Å². The molecule has 1 atom stereocenters. The van der Waals surface area contributed by atoms with Crippen molar-refractivity contribution in [2.24, 2.45) is 7.05 Å². The summed E-state index contributed by atoms with van der Waals surface area (Å²) < 4.78 is 10.5. The van der Waals surface area contributed by atoms with Crippen LogP contribution in [0.2, 0.25) is 0 Å². The molecule has 1 amide bonds. The molecule has 1 N–H and O–H groups in total. The quantitative estimate of drug-likeness (QED) is 0.294. The van der Waals surface area contributed by atoms with Crippen molar-refractivity contribution >= 4 is 23.6 Å². The molecule has 1 aromatic carbocycles. The van der Waals surface area contributed by atoms with Crippen molar-refractivity contribution in [3.63, 3.8) is 0 Å². The van der Waals surface area contributed by atoms with E-state index < -0.39 is 23.5 Å². The summed E-state index contributed by atoms with van der Waals surface area (Å²) in [5.74, 6) is -1.58. The molecular weight excluding hydrogens is 458 g/mol. The number of hydrogen-bond acceptors (Lipinski definition) is 5. The number of hydrogen-bond donors (Lipinski definition) is 1. The van der Waals surface area contributed by atoms with Gasteiger partial charge in [-0.05, 0) is 64.0 Å². The minimum Gasteiger partial charge on any atom is -0.448 e. The maximum Gasteiger partial charge on any atom is 0.349 e. The molecule has 2 heterocycles. The third-order valence-corrected chi connectivity index (χ3v) is 6.16. The maximum atomic E-state index is 13.0. The van der Waals surface area contributed by atoms with E-state index >= 15 is 0 Å². The molecule has 0 saturated heterocycles. The first-order valence-corrected chi connectivity index (χ1v) is 11.7. The Bertz CT molecular complexity index is 1420. The summed E-state index contributed by atoms with van der Waals surface area (Å²) in [7, 11) is 1.71. The van der Waals surface area contributed by atoms with Gasteiger partial charge in [-0.15, -0.1) is 0 Å². The van der Waals surface area contributed by atoms with E-state index in [4.69, 9.17) is 4.74 Å². The molecule has 0 unspecified atom stereocenters. The molecule has 0 radical (unpaired) electrons. The highest BCUT2D eigenvalue weighted by Gasteiger charge is 2.24. The summed E-state index contributed by atoms with van der Waals surface area (Å²) >= 11 is 0. The van der Waals surface area contributed by atoms with Crippen LogP contribution in [0.25, 0.3) is 11.8 Å². The summed E-state index contributed by atoms with van der Waals surface area (Å²) in [6, 6.07) is 12.8. The standard InChI is InChI=1S/C27H31N5O4/c1-7-13-31-17(2)14-21(18(31)3)15-22(16-28)27(35)36-20(5)25(33)29-24-19(4)30(6)32(26(24)34)23-11-9-8-10-12-23/h8-12,14-15,20H,7,13H2,1-6H3,(H,29,33)/b22-15-/t20-/m1/s1. The summed E-state index contributed by atoms with van der Waals surface area (Å²) in [6.45, 7) is 9.90. The number of aryl methyl sites for hydroxylation is 1. The van der Waals surface area contributed by atoms with Gasteiger partial charge in [0, 0.05) is 25.0 Å². The second-order valence-electron chi connectivity index (χ2n) is 8.62. The van der Waals surface area contributed by atoms with E-state index in [1.54, 1.807) is 30.8 Å². The number of carbonyl (C=O) groups excluding carboxylic acids is 2. The van der Waals surface area contributed by atoms with Gasteiger partial charge in [-0.25, -0.2) is 9.48 Å². The molecule has 9 nitrogen and oxygen atoms in total. The first-order chi connectivity index (χ1) is 17.1. The molecule has 36 heavy (non-hydrogen) atoms. The smallest absolute Gasteiger partial charge is 0.349 e. The number of amides is 1. The van der Waals surface area contributed by atoms with Crippen molar-refractivity contribution in [1.82, 2.24) is 13.9 Å². The first-order valence-electron chi connectivity index (χ1n) is 11.7. The Balaban J connectivity index is 1.78. The highest BCUT2D eigenvalue weighted by Crippen LogP contribution is 2.20. The van der Waals surface area contributed by atoms with Crippen molar-refractivity contribution in [2.45, 2.75) is 53.7 Å². The lowest BCUT2D eigenvalue weighted by Gasteiger charge is -2.12. The van der Waals surface area contributed by atoms with E-state index in [-0.39, 0.29) is 11.3 Å². The maximum absolute atomic E-state index is 13.0. The van der Waals surface area contributed by atoms with Crippen LogP contribution in [0.4, 0.5) is 5.69 Å². The van der Waals surface area contributed by atoms with E-state index in [9.17, 15) is 19.6 Å². The SMILES string of the molecule is CCCn1c(C)cc(/C=C(/C#N)C(=O)O[C@H](C)C(=O)Nc2c(C)n(C)n(-c3ccccc3)c2=O)c1C. The minimum atomic E-state index is -1.23. The van der Waals surface area contributed by atoms with Gasteiger partial charge in [0.1, 0.15) is 17.3 Å². The van der Waals surface area contributed by atoms with Crippen LogP contribution < -0.4 is 10.9 Å². The van der Waals surface area contributed by atoms with Gasteiger partial charge in [0.25, 0.3) is 11.5 Å². The van der Waals surface area contributed by atoms with Crippen LogP contribution in [0.1, 0.15) is 42.9 Å². The fourth-order valence-corrected chi connectivity index (χ4v) is 4.05. The number of nitrogens with one attached hydrogen (secondary N) is 1. The van der Waals surface area contributed by atoms with Gasteiger partial charge in [-0.1, -0.05) is 25.1 Å². The van der Waals surface area contributed by atoms with Gasteiger partial charge in [-0.2, -0.15) is 5.26 Å². The number of esters is 1. The highest BCUT2D eigenvalue weighted by atomic mass is 16.5. The second kappa shape index (κ2) is 11.0. The lowest BCUT2D eigenvalue weighted by atomic mass is 10.1. The molecule has 2 aromatic heterocycles. The lowest BCUT2D eigenvalue weighted by Crippen LogP contribution is -2.32. The van der Waals surface area contributed by atoms with Crippen molar-refractivity contribution in [2.75, 3.05) is 5.32 Å². The molecule has 0 fully saturated rings. The molecule has 0 aliphatic carbocycles. The van der Waals surface area contributed by atoms with Gasteiger partial charge in [0.05, 0.1) is 11.4 Å². The van der Waals surface area contributed by atoms with Crippen molar-refractivity contribution in [1.29, 1.82) is 5.26 Å². The number of para-hydroxylation sites is 1. The monoisotopic (exact) mass is 489 g/mol. The Morgan fingerprint density at radius 1 is 1.17 bits per heavy atom. The molecular formula is C27H31N5O4. The summed E-state index contributed by atoms with van der Waals surface area (Å²) in [4.78, 5) is 38.5. The Labute approximate surface area is 210 Å². The number of benzene rings is 1. The zero-order valence-corrected chi connectivity index (χ0v) is 21.5. The van der Waals surface area contributed by atoms with Gasteiger partial charge < -0.3 is 14.6 Å². The molecule has 9 heteroatoms. The first kappa shape index (κ1) is 26.3. The van der Waals surface area contributed by atoms with Crippen molar-refractivity contribution < 1.29 is 14.3 Å². The number of anilines is 1. The Morgan fingerprint density at radius 2 is 1.83 bits per heavy atom. The molecule has 3 aromatic rings. The molecule has 0 aliphatic rings. The van der Waals surface area contributed by atoms with E-state index in [1.165, 1.54) is 17.7 Å². The van der Waals surface area contributed by atoms with Gasteiger partial charge >= 0.3 is 5.97 Å². The number of nitriles is 1. The van der Waals surface area contributed by atoms with E-state index in [1.807, 2.05) is 44.2 Å². The molecule has 0 aliphatic heterocycles. The Hall–Kier alpha value is -4.32. The summed E-state index contributed by atoms with van der Waals surface area (Å²) in [6.07, 6.45) is 1.20. The van der Waals surface area contributed by atoms with Crippen LogP contribution in [0.15, 0.2) is 46.8 Å². The van der Waals surface area contributed by atoms with Crippen LogP contribution in [0.5, 0.6) is 0 Å². The number of carbonyl (C=O) groups is 2. The minimum absolute atomic E-state index is 0.0914. The highest BCUT2D eigenvalue weighted by molar-refractivity contribution is 6.01. The molecule has 3 rings (SSSR count). The van der Waals surface area contributed by atoms with E-state index in [0.29, 0.717) is 11.4 Å². The lowest BCUT2D eigenvalue weighted by molar-refractivity contribution is -0.148. The zero-order valence-electron chi connectivity index (χ0n) is 21.5. The largest absolute Gasteiger partial charge is 0.448 e. The second-order valence-corrected chi connectivity index (χ2v) is 8.62. The fraction of sp³-hybridized carbons (Fsp3) is 0.333. The van der Waals surface area contributed by atoms with Crippen molar-refractivity contribution in [3.05, 3.63) is 75.0 Å². The topological polar surface area (TPSA) is 111 Å². The molecule has 188 valence electrons. The molecule has 0 saturated carbocycles. The van der Waals surface area contributed by atoms with Gasteiger partial charge in [0.15, 0.2) is 6.10 Å². The van der Waals surface area contributed by atoms with Gasteiger partial charge in [-0.3, -0.25) is 14.3 Å². The Kier molecular flexibility index (Phi) is 8.00. The zero-order chi connectivity index (χ0) is 26.6. The number of aromatic nitrogens is 3. The normalized spacial score (nSPS) is 12.2. The van der Waals surface area contributed by atoms with Gasteiger partial charge in [0.2, 0.25) is 0 Å². The number of ether oxygens (including phenoxy) is 1. The predicted molar refractivity (Wildman–Crippen MR) is 138 cm³/mol. The Morgan fingerprint density at radius 3 is 2.44 bits per heavy atom. The fourth-order valence-electron chi connectivity index (χ4n) is 4.05. The number of nitrogens with zero attached hydrogens (tertiary/aromatic N) is 4. The summed E-state index contributed by atoms with van der Waals surface area (Å²) in [5, 5.41) is 12.1. The summed E-state index contributed by atoms with van der Waals surface area (Å²) in [5.41, 5.74) is 3.36. The van der Waals surface area contributed by atoms with E-state index in [0.717, 1.165) is 29.9 Å². The number of rotatable bonds is 8. The van der Waals surface area contributed by atoms with Crippen molar-refractivity contribution in [3.8, 4) is 11.8 Å². The third-order valence-electron chi connectivity index (χ3n) is 6.16. The van der Waals surface area contributed by atoms with Crippen LogP contribution in [-0.2, 0) is 27.9 Å². The van der Waals surface area contributed by atoms with Crippen LogP contribution in [0, 0.1) is 32.1 Å². The molecule has 0 spiro atoms. The van der Waals surface area contributed by atoms with Crippen LogP contribution >= 0.6 is 0 Å². The molecule has 0 bridgehead atoms. The average Bonchev–Trinajstić information content (AvgIpc) is 3.24.